The first kappa shape index (κ1) is 15.0. The van der Waals surface area contributed by atoms with E-state index in [-0.39, 0.29) is 11.9 Å². The highest BCUT2D eigenvalue weighted by Crippen LogP contribution is 2.25. The lowest BCUT2D eigenvalue weighted by Crippen LogP contribution is -2.40. The minimum Gasteiger partial charge on any atom is -0.348 e. The minimum atomic E-state index is -0.399. The molecule has 2 rings (SSSR count). The zero-order valence-electron chi connectivity index (χ0n) is 10.5. The zero-order chi connectivity index (χ0) is 13.8. The van der Waals surface area contributed by atoms with Crippen molar-refractivity contribution in [3.63, 3.8) is 0 Å². The van der Waals surface area contributed by atoms with Gasteiger partial charge in [-0.15, -0.1) is 0 Å². The molecule has 0 radical (unpaired) electrons. The van der Waals surface area contributed by atoms with Crippen LogP contribution in [0, 0.1) is 5.82 Å². The van der Waals surface area contributed by atoms with Crippen molar-refractivity contribution in [2.75, 3.05) is 0 Å². The molecule has 0 saturated heterocycles. The van der Waals surface area contributed by atoms with Crippen LogP contribution in [-0.2, 0) is 0 Å². The topological polar surface area (TPSA) is 29.1 Å². The zero-order valence-corrected chi connectivity index (χ0v) is 13.6. The highest BCUT2D eigenvalue weighted by molar-refractivity contribution is 9.10. The molecule has 0 bridgehead atoms. The van der Waals surface area contributed by atoms with Gasteiger partial charge in [-0.25, -0.2) is 4.39 Å². The van der Waals surface area contributed by atoms with Crippen LogP contribution in [0.4, 0.5) is 4.39 Å². The predicted octanol–water partition coefficient (Wildman–Crippen LogP) is 4.41. The molecule has 1 N–H and O–H groups in total. The van der Waals surface area contributed by atoms with Gasteiger partial charge in [0.25, 0.3) is 5.91 Å². The monoisotopic (exact) mass is 391 g/mol. The Labute approximate surface area is 129 Å². The molecule has 19 heavy (non-hydrogen) atoms. The molecule has 104 valence electrons. The third kappa shape index (κ3) is 4.02. The fourth-order valence-electron chi connectivity index (χ4n) is 2.34. The molecule has 0 aliphatic heterocycles. The van der Waals surface area contributed by atoms with Crippen molar-refractivity contribution in [1.82, 2.24) is 5.32 Å². The molecule has 1 amide bonds. The molecule has 1 saturated carbocycles. The van der Waals surface area contributed by atoms with Crippen molar-refractivity contribution in [3.8, 4) is 0 Å². The number of carbonyl (C=O) groups excluding carboxylic acids is 1. The number of rotatable bonds is 2. The number of nitrogens with one attached hydrogen (secondary N) is 1. The molecule has 0 spiro atoms. The Balaban J connectivity index is 2.09. The van der Waals surface area contributed by atoms with E-state index in [0.717, 1.165) is 19.3 Å². The van der Waals surface area contributed by atoms with Gasteiger partial charge in [0, 0.05) is 15.3 Å². The van der Waals surface area contributed by atoms with Gasteiger partial charge in [0.2, 0.25) is 0 Å². The van der Waals surface area contributed by atoms with Gasteiger partial charge in [-0.2, -0.15) is 0 Å². The molecular weight excluding hydrogens is 377 g/mol. The normalized spacial score (nSPS) is 23.7. The molecular formula is C14H16Br2FNO. The standard InChI is InChI=1S/C14H16Br2FNO/c15-11-7-6-9(17)8-10(11)14(19)18-13-5-3-1-2-4-12(13)16/h6-8,12-13H,1-5H2,(H,18,19). The predicted molar refractivity (Wildman–Crippen MR) is 81.2 cm³/mol. The quantitative estimate of drug-likeness (QED) is 0.586. The van der Waals surface area contributed by atoms with Crippen molar-refractivity contribution in [1.29, 1.82) is 0 Å². The van der Waals surface area contributed by atoms with Crippen LogP contribution in [0.1, 0.15) is 42.5 Å². The van der Waals surface area contributed by atoms with Gasteiger partial charge in [-0.05, 0) is 47.0 Å². The number of carbonyl (C=O) groups is 1. The van der Waals surface area contributed by atoms with E-state index in [2.05, 4.69) is 37.2 Å². The average Bonchev–Trinajstić information content (AvgIpc) is 2.58. The first-order chi connectivity index (χ1) is 9.08. The largest absolute Gasteiger partial charge is 0.348 e. The second-order valence-electron chi connectivity index (χ2n) is 4.86. The van der Waals surface area contributed by atoms with Crippen molar-refractivity contribution in [3.05, 3.63) is 34.1 Å². The van der Waals surface area contributed by atoms with Crippen LogP contribution in [0.15, 0.2) is 22.7 Å². The summed E-state index contributed by atoms with van der Waals surface area (Å²) in [5.74, 6) is -0.618. The SMILES string of the molecule is O=C(NC1CCCCCC1Br)c1cc(F)ccc1Br. The van der Waals surface area contributed by atoms with Crippen molar-refractivity contribution < 1.29 is 9.18 Å². The van der Waals surface area contributed by atoms with E-state index >= 15 is 0 Å². The number of benzene rings is 1. The number of halogens is 3. The first-order valence-corrected chi connectivity index (χ1v) is 8.19. The van der Waals surface area contributed by atoms with Gasteiger partial charge in [-0.3, -0.25) is 4.79 Å². The summed E-state index contributed by atoms with van der Waals surface area (Å²) < 4.78 is 13.8. The van der Waals surface area contributed by atoms with Gasteiger partial charge < -0.3 is 5.32 Å². The molecule has 0 aromatic heterocycles. The van der Waals surface area contributed by atoms with Crippen LogP contribution in [-0.4, -0.2) is 16.8 Å². The fourth-order valence-corrected chi connectivity index (χ4v) is 3.49. The third-order valence-corrected chi connectivity index (χ3v) is 5.21. The third-order valence-electron chi connectivity index (χ3n) is 3.42. The van der Waals surface area contributed by atoms with Gasteiger partial charge >= 0.3 is 0 Å². The highest BCUT2D eigenvalue weighted by Gasteiger charge is 2.24. The van der Waals surface area contributed by atoms with Crippen LogP contribution >= 0.6 is 31.9 Å². The van der Waals surface area contributed by atoms with E-state index in [1.54, 1.807) is 6.07 Å². The van der Waals surface area contributed by atoms with Crippen LogP contribution < -0.4 is 5.32 Å². The lowest BCUT2D eigenvalue weighted by atomic mass is 10.1. The van der Waals surface area contributed by atoms with Gasteiger partial charge in [0.1, 0.15) is 5.82 Å². The molecule has 0 heterocycles. The highest BCUT2D eigenvalue weighted by atomic mass is 79.9. The number of hydrogen-bond donors (Lipinski definition) is 1. The minimum absolute atomic E-state index is 0.116. The van der Waals surface area contributed by atoms with Gasteiger partial charge in [0.05, 0.1) is 5.56 Å². The van der Waals surface area contributed by atoms with Gasteiger partial charge in [-0.1, -0.05) is 35.2 Å². The lowest BCUT2D eigenvalue weighted by Gasteiger charge is -2.21. The molecule has 2 atom stereocenters. The Morgan fingerprint density at radius 3 is 2.79 bits per heavy atom. The summed E-state index contributed by atoms with van der Waals surface area (Å²) in [6.07, 6.45) is 5.55. The molecule has 2 nitrogen and oxygen atoms in total. The van der Waals surface area contributed by atoms with Crippen LogP contribution in [0.25, 0.3) is 0 Å². The maximum atomic E-state index is 13.2. The van der Waals surface area contributed by atoms with E-state index < -0.39 is 5.82 Å². The second kappa shape index (κ2) is 6.84. The smallest absolute Gasteiger partial charge is 0.252 e. The summed E-state index contributed by atoms with van der Waals surface area (Å²) in [4.78, 5) is 12.5. The van der Waals surface area contributed by atoms with Crippen LogP contribution in [0.2, 0.25) is 0 Å². The second-order valence-corrected chi connectivity index (χ2v) is 6.89. The maximum Gasteiger partial charge on any atom is 0.252 e. The molecule has 2 unspecified atom stereocenters. The van der Waals surface area contributed by atoms with E-state index in [1.165, 1.54) is 25.0 Å². The lowest BCUT2D eigenvalue weighted by molar-refractivity contribution is 0.0933. The van der Waals surface area contributed by atoms with E-state index in [1.807, 2.05) is 0 Å². The molecule has 1 aliphatic rings. The molecule has 5 heteroatoms. The van der Waals surface area contributed by atoms with Crippen molar-refractivity contribution in [2.45, 2.75) is 43.0 Å². The maximum absolute atomic E-state index is 13.2. The van der Waals surface area contributed by atoms with E-state index in [4.69, 9.17) is 0 Å². The molecule has 1 aromatic carbocycles. The Bertz CT molecular complexity index is 467. The Kier molecular flexibility index (Phi) is 5.39. The van der Waals surface area contributed by atoms with E-state index in [0.29, 0.717) is 14.9 Å². The first-order valence-electron chi connectivity index (χ1n) is 6.48. The number of alkyl halides is 1. The Hall–Kier alpha value is -0.420. The van der Waals surface area contributed by atoms with Crippen molar-refractivity contribution in [2.24, 2.45) is 0 Å². The number of hydrogen-bond acceptors (Lipinski definition) is 1. The molecule has 1 fully saturated rings. The molecule has 1 aliphatic carbocycles. The Morgan fingerprint density at radius 2 is 2.00 bits per heavy atom. The van der Waals surface area contributed by atoms with E-state index in [9.17, 15) is 9.18 Å². The Morgan fingerprint density at radius 1 is 1.26 bits per heavy atom. The summed E-state index contributed by atoms with van der Waals surface area (Å²) >= 11 is 6.93. The summed E-state index contributed by atoms with van der Waals surface area (Å²) in [6, 6.07) is 4.27. The summed E-state index contributed by atoms with van der Waals surface area (Å²) in [5.41, 5.74) is 0.351. The average molecular weight is 393 g/mol. The number of amides is 1. The van der Waals surface area contributed by atoms with Crippen LogP contribution in [0.3, 0.4) is 0 Å². The summed E-state index contributed by atoms with van der Waals surface area (Å²) in [5, 5.41) is 3.01. The molecule has 1 aromatic rings. The van der Waals surface area contributed by atoms with Crippen molar-refractivity contribution >= 4 is 37.8 Å². The summed E-state index contributed by atoms with van der Waals surface area (Å²) in [7, 11) is 0. The fraction of sp³-hybridized carbons (Fsp3) is 0.500. The summed E-state index contributed by atoms with van der Waals surface area (Å²) in [6.45, 7) is 0. The van der Waals surface area contributed by atoms with Gasteiger partial charge in [0.15, 0.2) is 0 Å². The van der Waals surface area contributed by atoms with Crippen LogP contribution in [0.5, 0.6) is 0 Å².